The van der Waals surface area contributed by atoms with E-state index in [0.717, 1.165) is 54.4 Å². The van der Waals surface area contributed by atoms with Crippen molar-refractivity contribution in [2.45, 2.75) is 164 Å². The van der Waals surface area contributed by atoms with Crippen LogP contribution in [0.2, 0.25) is 0 Å². The molecule has 9 aliphatic rings. The zero-order chi connectivity index (χ0) is 52.4. The number of thioether (sulfide) groups is 1. The summed E-state index contributed by atoms with van der Waals surface area (Å²) in [5.74, 6) is 1.01. The van der Waals surface area contributed by atoms with Crippen molar-refractivity contribution in [1.82, 2.24) is 36.0 Å². The fraction of sp³-hybridized carbons (Fsp3) is 0.704. The second-order valence-electron chi connectivity index (χ2n) is 21.8. The van der Waals surface area contributed by atoms with Crippen molar-refractivity contribution < 1.29 is 48.2 Å². The third kappa shape index (κ3) is 11.9. The van der Waals surface area contributed by atoms with Crippen LogP contribution in [0, 0.1) is 23.7 Å². The van der Waals surface area contributed by atoms with Gasteiger partial charge in [-0.05, 0) is 87.9 Å². The molecule has 7 aliphatic heterocycles. The molecule has 4 saturated heterocycles. The average molecular weight is 1050 g/mol. The number of allylic oxidation sites excluding steroid dienone is 4. The highest BCUT2D eigenvalue weighted by Crippen LogP contribution is 2.54. The number of likely N-dealkylation sites (tertiary alicyclic amines) is 2. The highest BCUT2D eigenvalue weighted by atomic mass is 32.2. The fourth-order valence-corrected chi connectivity index (χ4v) is 13.9. The van der Waals surface area contributed by atoms with Gasteiger partial charge in [-0.1, -0.05) is 50.8 Å². The van der Waals surface area contributed by atoms with E-state index in [9.17, 15) is 20.4 Å². The minimum Gasteiger partial charge on any atom is -0.381 e. The molecule has 410 valence electrons. The number of aliphatic hydroxyl groups excluding tert-OH is 4. The largest absolute Gasteiger partial charge is 0.381 e. The van der Waals surface area contributed by atoms with Crippen LogP contribution in [-0.4, -0.2) is 179 Å². The zero-order valence-corrected chi connectivity index (χ0v) is 44.6. The smallest absolute Gasteiger partial charge is 0.213 e. The van der Waals surface area contributed by atoms with Gasteiger partial charge in [-0.3, -0.25) is 25.4 Å². The predicted octanol–water partition coefficient (Wildman–Crippen LogP) is 4.59. The summed E-state index contributed by atoms with van der Waals surface area (Å²) in [7, 11) is 2.72. The normalized spacial score (nSPS) is 33.1. The molecule has 3 unspecified atom stereocenters. The van der Waals surface area contributed by atoms with Crippen molar-refractivity contribution in [3.63, 3.8) is 0 Å². The topological polar surface area (TPSA) is 200 Å². The molecule has 5 fully saturated rings. The first-order valence-electron chi connectivity index (χ1n) is 26.9. The molecular formula is C54H81F2N9O8S. The number of aliphatic hydroxyl groups is 4. The Hall–Kier alpha value is -3.35. The van der Waals surface area contributed by atoms with E-state index in [-0.39, 0.29) is 68.1 Å². The number of hydrogen-bond donors (Lipinski definition) is 8. The number of amidine groups is 2. The lowest BCUT2D eigenvalue weighted by Crippen LogP contribution is -2.65. The Morgan fingerprint density at radius 2 is 1.76 bits per heavy atom. The first kappa shape index (κ1) is 55.4. The van der Waals surface area contributed by atoms with Crippen LogP contribution in [0.4, 0.5) is 8.78 Å². The second kappa shape index (κ2) is 24.1. The summed E-state index contributed by atoms with van der Waals surface area (Å²) in [6, 6.07) is -2.51. The van der Waals surface area contributed by atoms with Gasteiger partial charge in [-0.15, -0.1) is 11.8 Å². The number of rotatable bonds is 22. The van der Waals surface area contributed by atoms with Gasteiger partial charge < -0.3 is 54.9 Å². The first-order chi connectivity index (χ1) is 35.6. The van der Waals surface area contributed by atoms with Crippen molar-refractivity contribution in [1.29, 1.82) is 0 Å². The van der Waals surface area contributed by atoms with Gasteiger partial charge in [0.2, 0.25) is 12.8 Å². The van der Waals surface area contributed by atoms with Crippen LogP contribution in [0.25, 0.3) is 0 Å². The summed E-state index contributed by atoms with van der Waals surface area (Å²) in [6.07, 6.45) is 13.5. The molecule has 0 spiro atoms. The van der Waals surface area contributed by atoms with E-state index in [0.29, 0.717) is 55.7 Å². The van der Waals surface area contributed by atoms with E-state index in [1.54, 1.807) is 6.08 Å². The lowest BCUT2D eigenvalue weighted by atomic mass is 9.86. The van der Waals surface area contributed by atoms with Crippen LogP contribution in [0.5, 0.6) is 0 Å². The quantitative estimate of drug-likeness (QED) is 0.0324. The Bertz CT molecular complexity index is 2250. The van der Waals surface area contributed by atoms with Gasteiger partial charge in [0.25, 0.3) is 0 Å². The highest BCUT2D eigenvalue weighted by molar-refractivity contribution is 8.04. The summed E-state index contributed by atoms with van der Waals surface area (Å²) < 4.78 is 56.4. The van der Waals surface area contributed by atoms with Gasteiger partial charge in [0.05, 0.1) is 48.8 Å². The summed E-state index contributed by atoms with van der Waals surface area (Å²) in [5, 5.41) is 57.6. The standard InChI is InChI=1S/C54H81F2N9O8S/c1-8-57-47(39-11-9-22-64(39)50(67)46(62-53(69)71-7)54(56)19-23-72-24-20-54)58-28-33-13-16-38-35(26-33)27-41-44(32(5)73-51(65(38)41)43-18-17-42(74-43)34-14-15-34)36(55)25-31(4)37-29-59-48(60-37)40-12-10-21-63(40)49(66)45(30(2)3)61-52(68)70-6/h8,13,16,18,25,27,30,32,34-35,37,39-40,42,44-46,49-53,61-62,66-69H,1,4,9-12,14-15,17,19-24,26,28-29H2,2-3,5-7H3,(H,57,58)(H,59,60)/b36-25+/t32?,35-,37-,39-,40-,42+,44+,45-,46?,49-,50+,51?,52-,53+/m0/s1. The summed E-state index contributed by atoms with van der Waals surface area (Å²) >= 11 is 1.92. The third-order valence-corrected chi connectivity index (χ3v) is 18.2. The van der Waals surface area contributed by atoms with Gasteiger partial charge in [0.1, 0.15) is 35.6 Å². The van der Waals surface area contributed by atoms with Gasteiger partial charge >= 0.3 is 0 Å². The van der Waals surface area contributed by atoms with Crippen molar-refractivity contribution in [3.8, 4) is 0 Å². The third-order valence-electron chi connectivity index (χ3n) is 16.7. The number of aliphatic imine (C=N–C) groups is 2. The maximum absolute atomic E-state index is 17.3. The highest BCUT2D eigenvalue weighted by Gasteiger charge is 2.51. The monoisotopic (exact) mass is 1050 g/mol. The molecule has 9 rings (SSSR count). The number of halogens is 2. The molecule has 0 aromatic carbocycles. The van der Waals surface area contributed by atoms with Crippen molar-refractivity contribution >= 4 is 23.4 Å². The average Bonchev–Trinajstić information content (AvgIpc) is 3.98. The van der Waals surface area contributed by atoms with E-state index >= 15 is 8.78 Å². The molecular weight excluding hydrogens is 973 g/mol. The SMILES string of the molecule is C=C/N=C(\NCC1=CC=C2[C@H](C=C3[C@@H](/C(F)=C\C(=C)[C@@H]4CN=C([C@@H]5CCCN5[C@@H](O)[C@@H](N[C@@H](O)OC)C(C)C)N4)C(C)OC(C4=CC[C@H](C5CC5)S4)N23)C1)[C@@H]1CCCN1[C@H](O)C(N[C@H](O)OC)C1(F)CCOCC1. The maximum atomic E-state index is 17.3. The molecule has 0 aromatic heterocycles. The van der Waals surface area contributed by atoms with Gasteiger partial charge in [0.15, 0.2) is 6.23 Å². The molecule has 0 radical (unpaired) electrons. The molecule has 0 aromatic rings. The summed E-state index contributed by atoms with van der Waals surface area (Å²) in [5.41, 5.74) is 1.78. The number of ether oxygens (including phenoxy) is 4. The molecule has 1 saturated carbocycles. The minimum absolute atomic E-state index is 0.00392. The number of nitrogens with zero attached hydrogens (tertiary/aromatic N) is 5. The molecule has 0 amide bonds. The van der Waals surface area contributed by atoms with Crippen LogP contribution in [-0.2, 0) is 18.9 Å². The van der Waals surface area contributed by atoms with E-state index in [1.165, 1.54) is 38.2 Å². The Balaban J connectivity index is 0.898. The molecule has 20 heteroatoms. The van der Waals surface area contributed by atoms with Crippen LogP contribution in [0.1, 0.15) is 85.0 Å². The number of nitrogens with one attached hydrogen (secondary N) is 4. The Morgan fingerprint density at radius 3 is 2.47 bits per heavy atom. The molecule has 74 heavy (non-hydrogen) atoms. The Labute approximate surface area is 440 Å². The summed E-state index contributed by atoms with van der Waals surface area (Å²) in [6.45, 7) is 16.6. The molecule has 8 N–H and O–H groups in total. The molecule has 17 nitrogen and oxygen atoms in total. The van der Waals surface area contributed by atoms with Crippen LogP contribution >= 0.6 is 11.8 Å². The summed E-state index contributed by atoms with van der Waals surface area (Å²) in [4.78, 5) is 16.8. The van der Waals surface area contributed by atoms with E-state index < -0.39 is 55.1 Å². The molecule has 2 aliphatic carbocycles. The lowest BCUT2D eigenvalue weighted by Gasteiger charge is -2.45. The lowest BCUT2D eigenvalue weighted by molar-refractivity contribution is -0.159. The maximum Gasteiger partial charge on any atom is 0.213 e. The van der Waals surface area contributed by atoms with Crippen molar-refractivity contribution in [3.05, 3.63) is 83.0 Å². The Morgan fingerprint density at radius 1 is 1.03 bits per heavy atom. The van der Waals surface area contributed by atoms with Crippen molar-refractivity contribution in [2.24, 2.45) is 33.7 Å². The van der Waals surface area contributed by atoms with Gasteiger partial charge in [-0.2, -0.15) is 0 Å². The second-order valence-corrected chi connectivity index (χ2v) is 23.1. The number of alkyl halides is 1. The number of fused-ring (bicyclic) bond motifs is 3. The molecule has 0 bridgehead atoms. The van der Waals surface area contributed by atoms with Crippen molar-refractivity contribution in [2.75, 3.05) is 53.6 Å². The van der Waals surface area contributed by atoms with E-state index in [1.807, 2.05) is 42.3 Å². The van der Waals surface area contributed by atoms with E-state index in [2.05, 4.69) is 68.6 Å². The van der Waals surface area contributed by atoms with Crippen LogP contribution < -0.4 is 21.3 Å². The molecule has 7 heterocycles. The number of methoxy groups -OCH3 is 2. The predicted molar refractivity (Wildman–Crippen MR) is 282 cm³/mol. The van der Waals surface area contributed by atoms with Crippen LogP contribution in [0.15, 0.2) is 93.0 Å². The minimum atomic E-state index is -1.85. The number of hydrogen-bond acceptors (Lipinski definition) is 17. The van der Waals surface area contributed by atoms with Crippen LogP contribution in [0.3, 0.4) is 0 Å². The first-order valence-corrected chi connectivity index (χ1v) is 27.8. The van der Waals surface area contributed by atoms with Gasteiger partial charge in [-0.25, -0.2) is 13.8 Å². The van der Waals surface area contributed by atoms with E-state index in [4.69, 9.17) is 23.9 Å². The Kier molecular flexibility index (Phi) is 18.1. The van der Waals surface area contributed by atoms with Gasteiger partial charge in [0, 0.05) is 93.6 Å². The zero-order valence-electron chi connectivity index (χ0n) is 43.8. The fourth-order valence-electron chi connectivity index (χ4n) is 12.4. The molecule has 14 atom stereocenters.